The van der Waals surface area contributed by atoms with Gasteiger partial charge in [0.15, 0.2) is 6.29 Å². The van der Waals surface area contributed by atoms with Crippen molar-refractivity contribution in [1.82, 2.24) is 5.06 Å². The van der Waals surface area contributed by atoms with E-state index in [0.717, 1.165) is 11.1 Å². The standard InChI is InChI=1S/C31H43NO6/c1-30(2,3)36-23-17-32-26(28(23)37-31(4,5)6)25-27(34-19-22-15-11-8-12-16-22)24(20-35-29(25)38-32)33-18-21-13-9-7-10-14-21/h7-16,23-29H,17-20H2,1-6H3/t23-,24-,25-,26-,27+,28+,29-/m0/s1. The topological polar surface area (TPSA) is 58.6 Å². The molecule has 7 heteroatoms. The largest absolute Gasteiger partial charge is 0.370 e. The molecule has 7 nitrogen and oxygen atoms in total. The number of benzene rings is 2. The van der Waals surface area contributed by atoms with Crippen LogP contribution in [0.25, 0.3) is 0 Å². The predicted octanol–water partition coefficient (Wildman–Crippen LogP) is 5.13. The molecule has 208 valence electrons. The van der Waals surface area contributed by atoms with Crippen LogP contribution in [-0.2, 0) is 41.7 Å². The molecule has 7 atom stereocenters. The molecule has 0 saturated carbocycles. The Morgan fingerprint density at radius 2 is 1.32 bits per heavy atom. The van der Waals surface area contributed by atoms with Crippen molar-refractivity contribution >= 4 is 0 Å². The Bertz CT molecular complexity index is 1020. The summed E-state index contributed by atoms with van der Waals surface area (Å²) in [7, 11) is 0. The molecule has 5 rings (SSSR count). The maximum Gasteiger partial charge on any atom is 0.184 e. The van der Waals surface area contributed by atoms with Crippen molar-refractivity contribution in [2.45, 2.75) is 103 Å². The van der Waals surface area contributed by atoms with Gasteiger partial charge in [0.25, 0.3) is 0 Å². The number of fused-ring (bicyclic) bond motifs is 3. The maximum atomic E-state index is 6.70. The molecule has 0 spiro atoms. The molecule has 0 N–H and O–H groups in total. The number of ether oxygens (including phenoxy) is 5. The lowest BCUT2D eigenvalue weighted by molar-refractivity contribution is -0.285. The molecule has 3 aliphatic heterocycles. The molecule has 0 unspecified atom stereocenters. The fourth-order valence-electron chi connectivity index (χ4n) is 5.72. The van der Waals surface area contributed by atoms with E-state index in [1.165, 1.54) is 0 Å². The Labute approximate surface area is 227 Å². The Hall–Kier alpha value is -1.84. The van der Waals surface area contributed by atoms with Gasteiger partial charge in [-0.1, -0.05) is 60.7 Å². The minimum absolute atomic E-state index is 0.0875. The lowest BCUT2D eigenvalue weighted by atomic mass is 9.85. The highest BCUT2D eigenvalue weighted by Gasteiger charge is 2.62. The molecule has 3 saturated heterocycles. The van der Waals surface area contributed by atoms with E-state index in [1.54, 1.807) is 0 Å². The summed E-state index contributed by atoms with van der Waals surface area (Å²) in [6.45, 7) is 14.5. The molecule has 2 aromatic rings. The summed E-state index contributed by atoms with van der Waals surface area (Å²) in [5.41, 5.74) is 1.58. The highest BCUT2D eigenvalue weighted by Crippen LogP contribution is 2.45. The van der Waals surface area contributed by atoms with Crippen molar-refractivity contribution in [3.63, 3.8) is 0 Å². The van der Waals surface area contributed by atoms with E-state index in [-0.39, 0.29) is 47.6 Å². The first kappa shape index (κ1) is 27.7. The summed E-state index contributed by atoms with van der Waals surface area (Å²) in [6.07, 6.45) is -1.25. The summed E-state index contributed by atoms with van der Waals surface area (Å²) in [6, 6.07) is 20.4. The maximum absolute atomic E-state index is 6.70. The van der Waals surface area contributed by atoms with Crippen LogP contribution in [0.4, 0.5) is 0 Å². The van der Waals surface area contributed by atoms with Gasteiger partial charge in [0.2, 0.25) is 0 Å². The Morgan fingerprint density at radius 1 is 0.737 bits per heavy atom. The van der Waals surface area contributed by atoms with Crippen molar-refractivity contribution in [2.24, 2.45) is 5.92 Å². The van der Waals surface area contributed by atoms with E-state index < -0.39 is 6.29 Å². The van der Waals surface area contributed by atoms with Crippen LogP contribution >= 0.6 is 0 Å². The van der Waals surface area contributed by atoms with Crippen LogP contribution in [-0.4, -0.2) is 66.2 Å². The molecule has 0 amide bonds. The molecular formula is C31H43NO6. The van der Waals surface area contributed by atoms with Gasteiger partial charge in [0.1, 0.15) is 18.3 Å². The second kappa shape index (κ2) is 11.3. The summed E-state index contributed by atoms with van der Waals surface area (Å²) in [4.78, 5) is 6.39. The van der Waals surface area contributed by atoms with Gasteiger partial charge in [0.05, 0.1) is 55.6 Å². The van der Waals surface area contributed by atoms with Crippen molar-refractivity contribution in [1.29, 1.82) is 0 Å². The van der Waals surface area contributed by atoms with Crippen molar-refractivity contribution in [3.05, 3.63) is 71.8 Å². The molecule has 3 aliphatic rings. The molecule has 2 aromatic carbocycles. The van der Waals surface area contributed by atoms with Gasteiger partial charge in [-0.2, -0.15) is 5.06 Å². The van der Waals surface area contributed by atoms with E-state index in [1.807, 2.05) is 41.5 Å². The number of nitrogens with zero attached hydrogens (tertiary/aromatic N) is 1. The Kier molecular flexibility index (Phi) is 8.27. The predicted molar refractivity (Wildman–Crippen MR) is 144 cm³/mol. The molecule has 38 heavy (non-hydrogen) atoms. The van der Waals surface area contributed by atoms with Crippen LogP contribution < -0.4 is 0 Å². The molecule has 0 bridgehead atoms. The number of hydrogen-bond acceptors (Lipinski definition) is 7. The van der Waals surface area contributed by atoms with Gasteiger partial charge in [-0.3, -0.25) is 4.84 Å². The average Bonchev–Trinajstić information content (AvgIpc) is 3.36. The van der Waals surface area contributed by atoms with Gasteiger partial charge in [-0.15, -0.1) is 0 Å². The van der Waals surface area contributed by atoms with Crippen molar-refractivity contribution < 1.29 is 28.5 Å². The minimum Gasteiger partial charge on any atom is -0.370 e. The summed E-state index contributed by atoms with van der Waals surface area (Å²) >= 11 is 0. The van der Waals surface area contributed by atoms with Gasteiger partial charge in [-0.25, -0.2) is 0 Å². The van der Waals surface area contributed by atoms with Crippen molar-refractivity contribution in [2.75, 3.05) is 13.2 Å². The normalized spacial score (nSPS) is 31.8. The smallest absolute Gasteiger partial charge is 0.184 e. The molecule has 3 fully saturated rings. The van der Waals surface area contributed by atoms with Crippen LogP contribution in [0.2, 0.25) is 0 Å². The highest BCUT2D eigenvalue weighted by molar-refractivity contribution is 5.15. The third-order valence-corrected chi connectivity index (χ3v) is 7.10. The molecule has 0 aliphatic carbocycles. The first-order valence-corrected chi connectivity index (χ1v) is 13.8. The number of hydrogen-bond donors (Lipinski definition) is 0. The zero-order valence-corrected chi connectivity index (χ0v) is 23.5. The third kappa shape index (κ3) is 6.65. The summed E-state index contributed by atoms with van der Waals surface area (Å²) in [5, 5.41) is 2.01. The van der Waals surface area contributed by atoms with E-state index in [4.69, 9.17) is 28.5 Å². The summed E-state index contributed by atoms with van der Waals surface area (Å²) < 4.78 is 32.7. The van der Waals surface area contributed by atoms with E-state index >= 15 is 0 Å². The quantitative estimate of drug-likeness (QED) is 0.474. The van der Waals surface area contributed by atoms with Crippen LogP contribution in [0.5, 0.6) is 0 Å². The molecule has 0 aromatic heterocycles. The van der Waals surface area contributed by atoms with Crippen LogP contribution in [0.1, 0.15) is 52.7 Å². The monoisotopic (exact) mass is 525 g/mol. The van der Waals surface area contributed by atoms with E-state index in [0.29, 0.717) is 26.4 Å². The Morgan fingerprint density at radius 3 is 1.89 bits per heavy atom. The lowest BCUT2D eigenvalue weighted by Gasteiger charge is -2.42. The second-order valence-electron chi connectivity index (χ2n) is 12.5. The minimum atomic E-state index is -0.418. The van der Waals surface area contributed by atoms with Crippen LogP contribution in [0, 0.1) is 5.92 Å². The van der Waals surface area contributed by atoms with Gasteiger partial charge >= 0.3 is 0 Å². The zero-order chi connectivity index (χ0) is 26.9. The number of rotatable bonds is 8. The fraction of sp³-hybridized carbons (Fsp3) is 0.613. The Balaban J connectivity index is 1.41. The van der Waals surface area contributed by atoms with Crippen LogP contribution in [0.15, 0.2) is 60.7 Å². The van der Waals surface area contributed by atoms with Gasteiger partial charge in [0, 0.05) is 0 Å². The third-order valence-electron chi connectivity index (χ3n) is 7.10. The fourth-order valence-corrected chi connectivity index (χ4v) is 5.72. The molecule has 3 heterocycles. The summed E-state index contributed by atoms with van der Waals surface area (Å²) in [5.74, 6) is -0.103. The highest BCUT2D eigenvalue weighted by atomic mass is 16.8. The second-order valence-corrected chi connectivity index (χ2v) is 12.5. The lowest BCUT2D eigenvalue weighted by Crippen LogP contribution is -2.56. The van der Waals surface area contributed by atoms with E-state index in [9.17, 15) is 0 Å². The van der Waals surface area contributed by atoms with Crippen molar-refractivity contribution in [3.8, 4) is 0 Å². The molecular weight excluding hydrogens is 482 g/mol. The SMILES string of the molecule is CC(C)(C)O[C@H]1[C@@H]2[C@@H]3[C@@H](OC[C@H](OCc4ccccc4)[C@H]3OCc3ccccc3)ON2C[C@@H]1OC(C)(C)C. The molecule has 0 radical (unpaired) electrons. The van der Waals surface area contributed by atoms with Gasteiger partial charge < -0.3 is 23.7 Å². The van der Waals surface area contributed by atoms with E-state index in [2.05, 4.69) is 65.8 Å². The van der Waals surface area contributed by atoms with Crippen LogP contribution in [0.3, 0.4) is 0 Å². The zero-order valence-electron chi connectivity index (χ0n) is 23.5. The first-order valence-electron chi connectivity index (χ1n) is 13.8. The van der Waals surface area contributed by atoms with Gasteiger partial charge in [-0.05, 0) is 52.7 Å². The number of hydroxylamine groups is 2. The average molecular weight is 526 g/mol. The first-order chi connectivity index (χ1) is 18.1.